The third kappa shape index (κ3) is 5.11. The van der Waals surface area contributed by atoms with Gasteiger partial charge >= 0.3 is 0 Å². The summed E-state index contributed by atoms with van der Waals surface area (Å²) in [5.74, 6) is 1.64. The molecule has 4 rings (SSSR count). The normalized spacial score (nSPS) is 11.0. The number of hydrogen-bond donors (Lipinski definition) is 1. The average Bonchev–Trinajstić information content (AvgIpc) is 3.12. The van der Waals surface area contributed by atoms with E-state index in [1.54, 1.807) is 0 Å². The van der Waals surface area contributed by atoms with Gasteiger partial charge in [0.1, 0.15) is 18.2 Å². The molecule has 1 aromatic heterocycles. The van der Waals surface area contributed by atoms with Gasteiger partial charge in [0.05, 0.1) is 17.6 Å². The molecule has 6 heteroatoms. The molecule has 4 aromatic rings. The SMILES string of the molecule is Cc1ccc(C(=O)NCCc2nc3ccccc3n2CCOc2ccc(Cl)cc2)c(C)c1. The highest BCUT2D eigenvalue weighted by Gasteiger charge is 2.12. The van der Waals surface area contributed by atoms with Crippen LogP contribution >= 0.6 is 11.6 Å². The van der Waals surface area contributed by atoms with Crippen LogP contribution in [0.25, 0.3) is 11.0 Å². The summed E-state index contributed by atoms with van der Waals surface area (Å²) >= 11 is 5.94. The van der Waals surface area contributed by atoms with Crippen molar-refractivity contribution in [2.45, 2.75) is 26.8 Å². The number of para-hydroxylation sites is 2. The minimum Gasteiger partial charge on any atom is -0.492 e. The van der Waals surface area contributed by atoms with Gasteiger partial charge in [0.15, 0.2) is 0 Å². The molecule has 0 unspecified atom stereocenters. The Morgan fingerprint density at radius 1 is 1.06 bits per heavy atom. The lowest BCUT2D eigenvalue weighted by Crippen LogP contribution is -2.27. The van der Waals surface area contributed by atoms with Gasteiger partial charge in [0.25, 0.3) is 5.91 Å². The molecule has 5 nitrogen and oxygen atoms in total. The first-order valence-corrected chi connectivity index (χ1v) is 11.1. The molecule has 3 aromatic carbocycles. The van der Waals surface area contributed by atoms with E-state index in [4.69, 9.17) is 21.3 Å². The summed E-state index contributed by atoms with van der Waals surface area (Å²) in [6.07, 6.45) is 0.631. The molecular formula is C26H26ClN3O2. The number of aromatic nitrogens is 2. The molecule has 0 atom stereocenters. The predicted octanol–water partition coefficient (Wildman–Crippen LogP) is 5.36. The van der Waals surface area contributed by atoms with Crippen molar-refractivity contribution in [2.75, 3.05) is 13.2 Å². The Bertz CT molecular complexity index is 1230. The molecule has 32 heavy (non-hydrogen) atoms. The van der Waals surface area contributed by atoms with Gasteiger partial charge in [-0.05, 0) is 61.9 Å². The summed E-state index contributed by atoms with van der Waals surface area (Å²) in [6.45, 7) is 5.65. The molecule has 0 saturated heterocycles. The molecule has 0 spiro atoms. The number of imidazole rings is 1. The second-order valence-electron chi connectivity index (χ2n) is 7.80. The summed E-state index contributed by atoms with van der Waals surface area (Å²) in [4.78, 5) is 17.4. The smallest absolute Gasteiger partial charge is 0.251 e. The first-order chi connectivity index (χ1) is 15.5. The standard InChI is InChI=1S/C26H26ClN3O2/c1-18-7-12-22(19(2)17-18)26(31)28-14-13-25-29-23-5-3-4-6-24(23)30(25)15-16-32-21-10-8-20(27)9-11-21/h3-12,17H,13-16H2,1-2H3,(H,28,31). The number of ether oxygens (including phenoxy) is 1. The zero-order chi connectivity index (χ0) is 22.5. The largest absolute Gasteiger partial charge is 0.492 e. The van der Waals surface area contributed by atoms with Gasteiger partial charge in [-0.2, -0.15) is 0 Å². The quantitative estimate of drug-likeness (QED) is 0.395. The van der Waals surface area contributed by atoms with E-state index in [1.165, 1.54) is 0 Å². The maximum atomic E-state index is 12.6. The van der Waals surface area contributed by atoms with E-state index in [0.29, 0.717) is 36.7 Å². The minimum atomic E-state index is -0.0590. The number of carbonyl (C=O) groups excluding carboxylic acids is 1. The molecule has 0 radical (unpaired) electrons. The third-order valence-electron chi connectivity index (χ3n) is 5.39. The topological polar surface area (TPSA) is 56.2 Å². The van der Waals surface area contributed by atoms with E-state index in [0.717, 1.165) is 33.7 Å². The van der Waals surface area contributed by atoms with Crippen molar-refractivity contribution in [3.05, 3.63) is 94.3 Å². The highest BCUT2D eigenvalue weighted by atomic mass is 35.5. The first-order valence-electron chi connectivity index (χ1n) is 10.7. The number of benzene rings is 3. The molecule has 164 valence electrons. The molecule has 0 saturated carbocycles. The van der Waals surface area contributed by atoms with Gasteiger partial charge in [-0.15, -0.1) is 0 Å². The number of fused-ring (bicyclic) bond motifs is 1. The van der Waals surface area contributed by atoms with Crippen LogP contribution in [-0.4, -0.2) is 28.6 Å². The Morgan fingerprint density at radius 2 is 1.84 bits per heavy atom. The van der Waals surface area contributed by atoms with Crippen LogP contribution in [0, 0.1) is 13.8 Å². The number of nitrogens with zero attached hydrogens (tertiary/aromatic N) is 2. The van der Waals surface area contributed by atoms with E-state index in [9.17, 15) is 4.79 Å². The third-order valence-corrected chi connectivity index (χ3v) is 5.64. The number of carbonyl (C=O) groups is 1. The predicted molar refractivity (Wildman–Crippen MR) is 129 cm³/mol. The van der Waals surface area contributed by atoms with Crippen molar-refractivity contribution in [2.24, 2.45) is 0 Å². The second kappa shape index (κ2) is 9.88. The van der Waals surface area contributed by atoms with Crippen molar-refractivity contribution < 1.29 is 9.53 Å². The van der Waals surface area contributed by atoms with Crippen LogP contribution < -0.4 is 10.1 Å². The van der Waals surface area contributed by atoms with Gasteiger partial charge < -0.3 is 14.6 Å². The lowest BCUT2D eigenvalue weighted by molar-refractivity contribution is 0.0953. The summed E-state index contributed by atoms with van der Waals surface area (Å²) in [7, 11) is 0. The van der Waals surface area contributed by atoms with Crippen molar-refractivity contribution in [1.82, 2.24) is 14.9 Å². The number of nitrogens with one attached hydrogen (secondary N) is 1. The molecule has 1 amide bonds. The molecule has 0 aliphatic rings. The monoisotopic (exact) mass is 447 g/mol. The second-order valence-corrected chi connectivity index (χ2v) is 8.23. The number of aryl methyl sites for hydroxylation is 2. The fourth-order valence-corrected chi connectivity index (χ4v) is 3.93. The van der Waals surface area contributed by atoms with E-state index in [-0.39, 0.29) is 5.91 Å². The maximum absolute atomic E-state index is 12.6. The van der Waals surface area contributed by atoms with Gasteiger partial charge in [0.2, 0.25) is 0 Å². The van der Waals surface area contributed by atoms with Crippen molar-refractivity contribution in [3.8, 4) is 5.75 Å². The molecule has 1 heterocycles. The van der Waals surface area contributed by atoms with Crippen LogP contribution in [0.15, 0.2) is 66.7 Å². The zero-order valence-electron chi connectivity index (χ0n) is 18.3. The number of halogens is 1. The van der Waals surface area contributed by atoms with Crippen LogP contribution in [0.1, 0.15) is 27.3 Å². The van der Waals surface area contributed by atoms with Crippen LogP contribution in [-0.2, 0) is 13.0 Å². The van der Waals surface area contributed by atoms with E-state index < -0.39 is 0 Å². The fraction of sp³-hybridized carbons (Fsp3) is 0.231. The molecule has 1 N–H and O–H groups in total. The van der Waals surface area contributed by atoms with E-state index >= 15 is 0 Å². The summed E-state index contributed by atoms with van der Waals surface area (Å²) < 4.78 is 8.05. The maximum Gasteiger partial charge on any atom is 0.251 e. The minimum absolute atomic E-state index is 0.0590. The van der Waals surface area contributed by atoms with Crippen LogP contribution in [0.5, 0.6) is 5.75 Å². The Kier molecular flexibility index (Phi) is 6.76. The lowest BCUT2D eigenvalue weighted by atomic mass is 10.1. The summed E-state index contributed by atoms with van der Waals surface area (Å²) in [6, 6.07) is 21.3. The van der Waals surface area contributed by atoms with Gasteiger partial charge in [-0.1, -0.05) is 41.4 Å². The first kappa shape index (κ1) is 21.9. The molecule has 0 bridgehead atoms. The molecule has 0 fully saturated rings. The van der Waals surface area contributed by atoms with Crippen molar-refractivity contribution in [1.29, 1.82) is 0 Å². The van der Waals surface area contributed by atoms with Gasteiger partial charge in [-0.25, -0.2) is 4.98 Å². The Balaban J connectivity index is 1.42. The molecule has 0 aliphatic carbocycles. The van der Waals surface area contributed by atoms with Crippen LogP contribution in [0.2, 0.25) is 5.02 Å². The molecular weight excluding hydrogens is 422 g/mol. The Morgan fingerprint density at radius 3 is 2.62 bits per heavy atom. The number of amides is 1. The highest BCUT2D eigenvalue weighted by molar-refractivity contribution is 6.30. The van der Waals surface area contributed by atoms with Gasteiger partial charge in [-0.3, -0.25) is 4.79 Å². The van der Waals surface area contributed by atoms with Gasteiger partial charge in [0, 0.05) is 23.6 Å². The number of hydrogen-bond acceptors (Lipinski definition) is 3. The van der Waals surface area contributed by atoms with Crippen LogP contribution in [0.3, 0.4) is 0 Å². The van der Waals surface area contributed by atoms with Crippen LogP contribution in [0.4, 0.5) is 0 Å². The number of rotatable bonds is 8. The molecule has 0 aliphatic heterocycles. The lowest BCUT2D eigenvalue weighted by Gasteiger charge is -2.12. The highest BCUT2D eigenvalue weighted by Crippen LogP contribution is 2.18. The summed E-state index contributed by atoms with van der Waals surface area (Å²) in [5.41, 5.74) is 4.83. The Hall–Kier alpha value is -3.31. The average molecular weight is 448 g/mol. The zero-order valence-corrected chi connectivity index (χ0v) is 19.0. The summed E-state index contributed by atoms with van der Waals surface area (Å²) in [5, 5.41) is 3.71. The van der Waals surface area contributed by atoms with Crippen molar-refractivity contribution >= 4 is 28.5 Å². The van der Waals surface area contributed by atoms with E-state index in [1.807, 2.05) is 74.5 Å². The van der Waals surface area contributed by atoms with Crippen molar-refractivity contribution in [3.63, 3.8) is 0 Å². The fourth-order valence-electron chi connectivity index (χ4n) is 3.80. The Labute approximate surface area is 193 Å². The van der Waals surface area contributed by atoms with E-state index in [2.05, 4.69) is 16.0 Å².